The standard InChI is InChI=1S/C29H31N3O5S/c1-4-37-23-12-8-11-22(18-23)30-27(33)19-26-28(34)32(29(38-26)31-21-9-6-5-7-10-21)16-15-20-13-14-24(35-2)25(17-20)36-3/h5-14,17-18,26H,4,15-16,19H2,1-3H3,(H,30,33)/t26-/m0/s1. The molecule has 9 heteroatoms. The van der Waals surface area contributed by atoms with Crippen molar-refractivity contribution in [2.45, 2.75) is 25.0 Å². The van der Waals surface area contributed by atoms with Crippen LogP contribution >= 0.6 is 11.8 Å². The van der Waals surface area contributed by atoms with E-state index in [9.17, 15) is 9.59 Å². The number of para-hydroxylation sites is 1. The first-order valence-electron chi connectivity index (χ1n) is 12.4. The second-order valence-electron chi connectivity index (χ2n) is 8.48. The minimum atomic E-state index is -0.571. The summed E-state index contributed by atoms with van der Waals surface area (Å²) < 4.78 is 16.2. The van der Waals surface area contributed by atoms with Crippen molar-refractivity contribution >= 4 is 40.1 Å². The average Bonchev–Trinajstić information content (AvgIpc) is 3.21. The van der Waals surface area contributed by atoms with Crippen molar-refractivity contribution in [3.8, 4) is 17.2 Å². The van der Waals surface area contributed by atoms with Crippen molar-refractivity contribution in [3.63, 3.8) is 0 Å². The molecule has 8 nitrogen and oxygen atoms in total. The number of nitrogens with one attached hydrogen (secondary N) is 1. The predicted molar refractivity (Wildman–Crippen MR) is 151 cm³/mol. The maximum Gasteiger partial charge on any atom is 0.242 e. The van der Waals surface area contributed by atoms with Gasteiger partial charge in [0.25, 0.3) is 0 Å². The molecule has 4 rings (SSSR count). The van der Waals surface area contributed by atoms with Gasteiger partial charge in [0.05, 0.1) is 26.5 Å². The normalized spacial score (nSPS) is 16.0. The summed E-state index contributed by atoms with van der Waals surface area (Å²) in [5.41, 5.74) is 2.37. The summed E-state index contributed by atoms with van der Waals surface area (Å²) in [6, 6.07) is 22.4. The predicted octanol–water partition coefficient (Wildman–Crippen LogP) is 5.31. The lowest BCUT2D eigenvalue weighted by atomic mass is 10.1. The van der Waals surface area contributed by atoms with Crippen LogP contribution in [0.4, 0.5) is 11.4 Å². The van der Waals surface area contributed by atoms with E-state index in [1.165, 1.54) is 11.8 Å². The molecule has 1 saturated heterocycles. The number of amidine groups is 1. The van der Waals surface area contributed by atoms with Crippen LogP contribution in [0.2, 0.25) is 0 Å². The quantitative estimate of drug-likeness (QED) is 0.360. The zero-order valence-corrected chi connectivity index (χ0v) is 22.5. The first kappa shape index (κ1) is 27.1. The van der Waals surface area contributed by atoms with Gasteiger partial charge >= 0.3 is 0 Å². The molecular formula is C29H31N3O5S. The molecule has 1 heterocycles. The number of amides is 2. The number of nitrogens with zero attached hydrogens (tertiary/aromatic N) is 2. The molecule has 0 radical (unpaired) electrons. The van der Waals surface area contributed by atoms with Crippen molar-refractivity contribution in [2.75, 3.05) is 32.7 Å². The van der Waals surface area contributed by atoms with Crippen LogP contribution in [0.3, 0.4) is 0 Å². The summed E-state index contributed by atoms with van der Waals surface area (Å²) >= 11 is 1.32. The summed E-state index contributed by atoms with van der Waals surface area (Å²) in [6.07, 6.45) is 0.618. The fourth-order valence-corrected chi connectivity index (χ4v) is 5.22. The molecule has 3 aromatic rings. The van der Waals surface area contributed by atoms with Crippen molar-refractivity contribution in [1.82, 2.24) is 4.90 Å². The largest absolute Gasteiger partial charge is 0.494 e. The maximum atomic E-state index is 13.5. The van der Waals surface area contributed by atoms with Gasteiger partial charge in [0.15, 0.2) is 16.7 Å². The van der Waals surface area contributed by atoms with Crippen LogP contribution in [0.15, 0.2) is 77.8 Å². The van der Waals surface area contributed by atoms with Crippen LogP contribution in [0.25, 0.3) is 0 Å². The highest BCUT2D eigenvalue weighted by molar-refractivity contribution is 8.15. The summed E-state index contributed by atoms with van der Waals surface area (Å²) in [4.78, 5) is 32.7. The van der Waals surface area contributed by atoms with E-state index in [1.807, 2.05) is 67.6 Å². The zero-order valence-electron chi connectivity index (χ0n) is 21.7. The molecule has 0 aromatic heterocycles. The van der Waals surface area contributed by atoms with Gasteiger partial charge in [-0.1, -0.05) is 42.1 Å². The minimum absolute atomic E-state index is 0.0308. The minimum Gasteiger partial charge on any atom is -0.494 e. The summed E-state index contributed by atoms with van der Waals surface area (Å²) in [7, 11) is 3.19. The number of carbonyl (C=O) groups excluding carboxylic acids is 2. The van der Waals surface area contributed by atoms with Crippen LogP contribution in [-0.4, -0.2) is 54.5 Å². The van der Waals surface area contributed by atoms with Gasteiger partial charge in [0.2, 0.25) is 11.8 Å². The Kier molecular flexibility index (Phi) is 9.26. The van der Waals surface area contributed by atoms with Crippen LogP contribution in [-0.2, 0) is 16.0 Å². The van der Waals surface area contributed by atoms with Gasteiger partial charge in [-0.2, -0.15) is 0 Å². The third-order valence-corrected chi connectivity index (χ3v) is 7.05. The lowest BCUT2D eigenvalue weighted by Gasteiger charge is -2.17. The van der Waals surface area contributed by atoms with Crippen LogP contribution < -0.4 is 19.5 Å². The monoisotopic (exact) mass is 533 g/mol. The Labute approximate surface area is 227 Å². The van der Waals surface area contributed by atoms with Gasteiger partial charge in [-0.15, -0.1) is 0 Å². The number of anilines is 1. The molecule has 0 aliphatic carbocycles. The second kappa shape index (κ2) is 13.0. The van der Waals surface area contributed by atoms with E-state index >= 15 is 0 Å². The molecular weight excluding hydrogens is 502 g/mol. The van der Waals surface area contributed by atoms with E-state index in [2.05, 4.69) is 5.32 Å². The van der Waals surface area contributed by atoms with E-state index in [-0.39, 0.29) is 18.2 Å². The van der Waals surface area contributed by atoms with E-state index < -0.39 is 5.25 Å². The number of hydrogen-bond donors (Lipinski definition) is 1. The highest BCUT2D eigenvalue weighted by Gasteiger charge is 2.39. The summed E-state index contributed by atoms with van der Waals surface area (Å²) in [5, 5.41) is 2.89. The van der Waals surface area contributed by atoms with Crippen LogP contribution in [0, 0.1) is 0 Å². The van der Waals surface area contributed by atoms with Crippen molar-refractivity contribution in [3.05, 3.63) is 78.4 Å². The Bertz CT molecular complexity index is 1300. The molecule has 0 saturated carbocycles. The Hall–Kier alpha value is -3.98. The molecule has 1 aliphatic heterocycles. The topological polar surface area (TPSA) is 89.5 Å². The molecule has 1 fully saturated rings. The van der Waals surface area contributed by atoms with Crippen molar-refractivity contribution < 1.29 is 23.8 Å². The number of carbonyl (C=O) groups is 2. The van der Waals surface area contributed by atoms with Gasteiger partial charge in [-0.05, 0) is 55.3 Å². The molecule has 0 spiro atoms. The Morgan fingerprint density at radius 3 is 2.53 bits per heavy atom. The molecule has 1 aliphatic rings. The lowest BCUT2D eigenvalue weighted by Crippen LogP contribution is -2.35. The van der Waals surface area contributed by atoms with Crippen LogP contribution in [0.1, 0.15) is 18.9 Å². The maximum absolute atomic E-state index is 13.5. The second-order valence-corrected chi connectivity index (χ2v) is 9.65. The summed E-state index contributed by atoms with van der Waals surface area (Å²) in [6.45, 7) is 2.86. The molecule has 198 valence electrons. The van der Waals surface area contributed by atoms with Gasteiger partial charge in [0, 0.05) is 24.7 Å². The van der Waals surface area contributed by atoms with E-state index in [4.69, 9.17) is 19.2 Å². The fraction of sp³-hybridized carbons (Fsp3) is 0.276. The molecule has 1 atom stereocenters. The Morgan fingerprint density at radius 2 is 1.79 bits per heavy atom. The zero-order chi connectivity index (χ0) is 26.9. The number of hydrogen-bond acceptors (Lipinski definition) is 7. The van der Waals surface area contributed by atoms with E-state index in [0.717, 1.165) is 11.3 Å². The number of ether oxygens (including phenoxy) is 3. The molecule has 1 N–H and O–H groups in total. The Morgan fingerprint density at radius 1 is 1.00 bits per heavy atom. The molecule has 38 heavy (non-hydrogen) atoms. The number of thioether (sulfide) groups is 1. The Balaban J connectivity index is 1.48. The SMILES string of the molecule is CCOc1cccc(NC(=O)C[C@@H]2SC(=Nc3ccccc3)N(CCc3ccc(OC)c(OC)c3)C2=O)c1. The van der Waals surface area contributed by atoms with Gasteiger partial charge in [-0.25, -0.2) is 4.99 Å². The van der Waals surface area contributed by atoms with Gasteiger partial charge in [-0.3, -0.25) is 14.5 Å². The van der Waals surface area contributed by atoms with Crippen LogP contribution in [0.5, 0.6) is 17.2 Å². The van der Waals surface area contributed by atoms with Crippen molar-refractivity contribution in [1.29, 1.82) is 0 Å². The number of methoxy groups -OCH3 is 2. The molecule has 3 aromatic carbocycles. The summed E-state index contributed by atoms with van der Waals surface area (Å²) in [5.74, 6) is 1.57. The first-order valence-corrected chi connectivity index (χ1v) is 13.2. The molecule has 0 bridgehead atoms. The smallest absolute Gasteiger partial charge is 0.242 e. The van der Waals surface area contributed by atoms with E-state index in [1.54, 1.807) is 31.3 Å². The van der Waals surface area contributed by atoms with Gasteiger partial charge in [0.1, 0.15) is 11.0 Å². The number of rotatable bonds is 11. The van der Waals surface area contributed by atoms with Gasteiger partial charge < -0.3 is 19.5 Å². The number of benzene rings is 3. The highest BCUT2D eigenvalue weighted by atomic mass is 32.2. The molecule has 2 amide bonds. The first-order chi connectivity index (χ1) is 18.5. The average molecular weight is 534 g/mol. The molecule has 0 unspecified atom stereocenters. The third-order valence-electron chi connectivity index (χ3n) is 5.87. The highest BCUT2D eigenvalue weighted by Crippen LogP contribution is 2.33. The third kappa shape index (κ3) is 6.86. The fourth-order valence-electron chi connectivity index (χ4n) is 4.03. The van der Waals surface area contributed by atoms with E-state index in [0.29, 0.717) is 47.7 Å². The van der Waals surface area contributed by atoms with Crippen molar-refractivity contribution in [2.24, 2.45) is 4.99 Å². The number of aliphatic imine (C=N–C) groups is 1. The lowest BCUT2D eigenvalue weighted by molar-refractivity contribution is -0.128.